The molecule has 0 unspecified atom stereocenters. The van der Waals surface area contributed by atoms with Gasteiger partial charge in [0.25, 0.3) is 0 Å². The summed E-state index contributed by atoms with van der Waals surface area (Å²) in [5, 5.41) is 0. The maximum atomic E-state index is 6.83. The average molecular weight is 435 g/mol. The van der Waals surface area contributed by atoms with E-state index >= 15 is 0 Å². The van der Waals surface area contributed by atoms with E-state index in [1.165, 1.54) is 37.8 Å². The fraction of sp³-hybridized carbons (Fsp3) is 1.00. The molecule has 166 valence electrons. The van der Waals surface area contributed by atoms with E-state index in [0.29, 0.717) is 11.8 Å². The Morgan fingerprint density at radius 2 is 1.07 bits per heavy atom. The zero-order valence-corrected chi connectivity index (χ0v) is 24.1. The van der Waals surface area contributed by atoms with Crippen molar-refractivity contribution >= 4 is 23.7 Å². The quantitative estimate of drug-likeness (QED) is 0.272. The molecule has 0 bridgehead atoms. The minimum absolute atomic E-state index is 0.670. The molecular weight excluding hydrogens is 380 g/mol. The van der Waals surface area contributed by atoms with Crippen molar-refractivity contribution < 1.29 is 8.85 Å². The second-order valence-electron chi connectivity index (χ2n) is 10.8. The maximum Gasteiger partial charge on any atom is 0.173 e. The Bertz CT molecular complexity index is 345. The summed E-state index contributed by atoms with van der Waals surface area (Å²) in [5.41, 5.74) is 0. The third-order valence-corrected chi connectivity index (χ3v) is 27.5. The summed E-state index contributed by atoms with van der Waals surface area (Å²) in [6.07, 6.45) is 5.38. The van der Waals surface area contributed by atoms with Gasteiger partial charge >= 0.3 is 0 Å². The Morgan fingerprint density at radius 3 is 1.44 bits per heavy atom. The molecule has 0 spiro atoms. The van der Waals surface area contributed by atoms with Gasteiger partial charge in [0.1, 0.15) is 0 Å². The van der Waals surface area contributed by atoms with Crippen LogP contribution < -0.4 is 0 Å². The molecule has 0 aromatic rings. The molecular formula is C22H54O2Si3. The fourth-order valence-electron chi connectivity index (χ4n) is 2.94. The summed E-state index contributed by atoms with van der Waals surface area (Å²) in [6.45, 7) is 30.1. The molecule has 0 saturated carbocycles. The van der Waals surface area contributed by atoms with Gasteiger partial charge in [0.15, 0.2) is 16.2 Å². The van der Waals surface area contributed by atoms with Crippen molar-refractivity contribution in [2.24, 2.45) is 11.8 Å². The van der Waals surface area contributed by atoms with E-state index in [9.17, 15) is 0 Å². The highest BCUT2D eigenvalue weighted by Gasteiger charge is 2.45. The molecule has 0 N–H and O–H groups in total. The van der Waals surface area contributed by atoms with Crippen LogP contribution in [0.15, 0.2) is 0 Å². The summed E-state index contributed by atoms with van der Waals surface area (Å²) in [4.78, 5) is 0. The van der Waals surface area contributed by atoms with Gasteiger partial charge in [0, 0.05) is 13.2 Å². The van der Waals surface area contributed by atoms with Crippen LogP contribution in [0.3, 0.4) is 0 Å². The van der Waals surface area contributed by atoms with Crippen LogP contribution in [0, 0.1) is 11.8 Å². The summed E-state index contributed by atoms with van der Waals surface area (Å²) in [5.74, 6) is 1.34. The molecule has 0 aliphatic rings. The van der Waals surface area contributed by atoms with Gasteiger partial charge in [0.05, 0.1) is 7.59 Å². The lowest BCUT2D eigenvalue weighted by Gasteiger charge is -2.43. The van der Waals surface area contributed by atoms with Crippen LogP contribution in [-0.2, 0) is 8.85 Å². The van der Waals surface area contributed by atoms with E-state index in [-0.39, 0.29) is 0 Å². The van der Waals surface area contributed by atoms with Crippen molar-refractivity contribution in [3.8, 4) is 0 Å². The molecule has 0 aliphatic heterocycles. The molecule has 5 heteroatoms. The van der Waals surface area contributed by atoms with Crippen LogP contribution in [0.2, 0.25) is 51.4 Å². The molecule has 0 aromatic carbocycles. The number of hydrogen-bond donors (Lipinski definition) is 0. The molecule has 0 saturated heterocycles. The fourth-order valence-corrected chi connectivity index (χ4v) is 20.3. The Balaban J connectivity index is 0. The van der Waals surface area contributed by atoms with Crippen LogP contribution in [0.4, 0.5) is 0 Å². The topological polar surface area (TPSA) is 18.5 Å². The lowest BCUT2D eigenvalue weighted by molar-refractivity contribution is 0.0886. The van der Waals surface area contributed by atoms with Crippen molar-refractivity contribution in [1.29, 1.82) is 0 Å². The van der Waals surface area contributed by atoms with Crippen LogP contribution in [0.25, 0.3) is 0 Å². The van der Waals surface area contributed by atoms with Crippen LogP contribution >= 0.6 is 0 Å². The number of ether oxygens (including phenoxy) is 1. The van der Waals surface area contributed by atoms with Crippen molar-refractivity contribution in [1.82, 2.24) is 0 Å². The molecule has 0 amide bonds. The third-order valence-electron chi connectivity index (χ3n) is 5.35. The summed E-state index contributed by atoms with van der Waals surface area (Å²) < 4.78 is 12.2. The Morgan fingerprint density at radius 1 is 0.667 bits per heavy atom. The zero-order chi connectivity index (χ0) is 21.7. The van der Waals surface area contributed by atoms with Crippen LogP contribution in [-0.4, -0.2) is 37.0 Å². The highest BCUT2D eigenvalue weighted by Crippen LogP contribution is 2.30. The molecule has 0 aromatic heterocycles. The normalized spacial score (nSPS) is 13.1. The monoisotopic (exact) mass is 434 g/mol. The van der Waals surface area contributed by atoms with Gasteiger partial charge in [0.2, 0.25) is 0 Å². The van der Waals surface area contributed by atoms with E-state index in [1.807, 2.05) is 0 Å². The molecule has 0 heterocycles. The van der Waals surface area contributed by atoms with Crippen molar-refractivity contribution in [3.63, 3.8) is 0 Å². The molecule has 0 radical (unpaired) electrons. The molecule has 0 rings (SSSR count). The van der Waals surface area contributed by atoms with Crippen LogP contribution in [0.1, 0.15) is 67.2 Å². The maximum absolute atomic E-state index is 6.83. The molecule has 0 aliphatic carbocycles. The first-order valence-electron chi connectivity index (χ1n) is 11.5. The van der Waals surface area contributed by atoms with Gasteiger partial charge in [-0.3, -0.25) is 0 Å². The lowest BCUT2D eigenvalue weighted by Crippen LogP contribution is -2.61. The summed E-state index contributed by atoms with van der Waals surface area (Å²) in [7, 11) is -4.01. The Hall–Kier alpha value is 0.571. The van der Waals surface area contributed by atoms with Gasteiger partial charge in [-0.2, -0.15) is 0 Å². The van der Waals surface area contributed by atoms with E-state index in [0.717, 1.165) is 13.2 Å². The highest BCUT2D eigenvalue weighted by atomic mass is 29.3. The standard InChI is InChI=1S/C14H36OSi3.C8H18O/c1-9-11-13-16(3,4)15-18(7,8)17(5,6)14-12-10-2;1-7(2)5-9-6-8(3)4/h9-14H2,1-8H3;7-8H,5-6H2,1-4H3. The Kier molecular flexibility index (Phi) is 16.0. The number of hydrogen-bond acceptors (Lipinski definition) is 2. The van der Waals surface area contributed by atoms with Crippen LogP contribution in [0.5, 0.6) is 0 Å². The van der Waals surface area contributed by atoms with E-state index in [2.05, 4.69) is 80.8 Å². The minimum Gasteiger partial charge on any atom is -0.458 e. The molecule has 0 atom stereocenters. The molecule has 27 heavy (non-hydrogen) atoms. The van der Waals surface area contributed by atoms with Gasteiger partial charge in [-0.25, -0.2) is 0 Å². The van der Waals surface area contributed by atoms with Gasteiger partial charge in [-0.15, -0.1) is 0 Å². The zero-order valence-electron chi connectivity index (χ0n) is 21.1. The SMILES string of the molecule is CC(C)COCC(C)C.CCCC[Si](C)(C)O[Si](C)(C)[Si](C)(C)CCCC. The average Bonchev–Trinajstić information content (AvgIpc) is 2.49. The van der Waals surface area contributed by atoms with Crippen molar-refractivity contribution in [2.75, 3.05) is 13.2 Å². The Labute approximate surface area is 176 Å². The number of rotatable bonds is 13. The molecule has 0 fully saturated rings. The number of unbranched alkanes of at least 4 members (excludes halogenated alkanes) is 2. The van der Waals surface area contributed by atoms with Gasteiger partial charge in [-0.1, -0.05) is 86.4 Å². The lowest BCUT2D eigenvalue weighted by atomic mass is 10.2. The van der Waals surface area contributed by atoms with E-state index in [4.69, 9.17) is 8.85 Å². The summed E-state index contributed by atoms with van der Waals surface area (Å²) >= 11 is 0. The van der Waals surface area contributed by atoms with Crippen molar-refractivity contribution in [3.05, 3.63) is 0 Å². The first kappa shape index (κ1) is 29.8. The van der Waals surface area contributed by atoms with Gasteiger partial charge < -0.3 is 8.85 Å². The molecule has 2 nitrogen and oxygen atoms in total. The first-order valence-corrected chi connectivity index (χ1v) is 21.7. The van der Waals surface area contributed by atoms with E-state index in [1.54, 1.807) is 0 Å². The largest absolute Gasteiger partial charge is 0.458 e. The smallest absolute Gasteiger partial charge is 0.173 e. The predicted molar refractivity (Wildman–Crippen MR) is 133 cm³/mol. The van der Waals surface area contributed by atoms with Crippen molar-refractivity contribution in [2.45, 2.75) is 119 Å². The predicted octanol–water partition coefficient (Wildman–Crippen LogP) is 8.12. The minimum atomic E-state index is -1.45. The second kappa shape index (κ2) is 14.5. The van der Waals surface area contributed by atoms with Gasteiger partial charge in [-0.05, 0) is 44.1 Å². The highest BCUT2D eigenvalue weighted by molar-refractivity contribution is 7.39. The first-order chi connectivity index (χ1) is 12.2. The van der Waals surface area contributed by atoms with E-state index < -0.39 is 23.7 Å². The second-order valence-corrected chi connectivity index (χ2v) is 30.6. The summed E-state index contributed by atoms with van der Waals surface area (Å²) in [6, 6.07) is 2.80. The third kappa shape index (κ3) is 16.1.